The molecule has 1 rings (SSSR count). The molecule has 3 nitrogen and oxygen atoms in total. The minimum absolute atomic E-state index is 0.0215. The number of halogens is 1. The van der Waals surface area contributed by atoms with Crippen LogP contribution in [0.25, 0.3) is 0 Å². The van der Waals surface area contributed by atoms with E-state index in [4.69, 9.17) is 5.73 Å². The van der Waals surface area contributed by atoms with Gasteiger partial charge in [-0.25, -0.2) is 12.8 Å². The fraction of sp³-hybridized carbons (Fsp3) is 0.500. The summed E-state index contributed by atoms with van der Waals surface area (Å²) in [5.41, 5.74) is 6.15. The van der Waals surface area contributed by atoms with Crippen molar-refractivity contribution in [3.05, 3.63) is 35.6 Å². The van der Waals surface area contributed by atoms with E-state index in [0.717, 1.165) is 0 Å². The third kappa shape index (κ3) is 3.04. The average Bonchev–Trinajstić information content (AvgIpc) is 2.30. The van der Waals surface area contributed by atoms with Crippen LogP contribution in [0.5, 0.6) is 0 Å². The molecule has 0 unspecified atom stereocenters. The third-order valence-electron chi connectivity index (χ3n) is 2.93. The Kier molecular flexibility index (Phi) is 4.65. The number of sulfone groups is 1. The lowest BCUT2D eigenvalue weighted by Gasteiger charge is -2.22. The van der Waals surface area contributed by atoms with Gasteiger partial charge in [0, 0.05) is 17.4 Å². The van der Waals surface area contributed by atoms with E-state index in [1.165, 1.54) is 12.1 Å². The Morgan fingerprint density at radius 3 is 2.35 bits per heavy atom. The predicted molar refractivity (Wildman–Crippen MR) is 66.9 cm³/mol. The van der Waals surface area contributed by atoms with Crippen molar-refractivity contribution in [2.75, 3.05) is 5.75 Å². The van der Waals surface area contributed by atoms with E-state index in [1.807, 2.05) is 0 Å². The van der Waals surface area contributed by atoms with Crippen LogP contribution in [-0.2, 0) is 9.84 Å². The van der Waals surface area contributed by atoms with E-state index in [9.17, 15) is 12.8 Å². The summed E-state index contributed by atoms with van der Waals surface area (Å²) in [6, 6.07) is 5.23. The average molecular weight is 259 g/mol. The molecule has 0 spiro atoms. The van der Waals surface area contributed by atoms with E-state index in [-0.39, 0.29) is 11.3 Å². The van der Waals surface area contributed by atoms with Gasteiger partial charge in [-0.2, -0.15) is 0 Å². The van der Waals surface area contributed by atoms with E-state index in [2.05, 4.69) is 0 Å². The smallest absolute Gasteiger partial charge is 0.154 e. The molecule has 0 heterocycles. The van der Waals surface area contributed by atoms with Crippen LogP contribution in [-0.4, -0.2) is 19.4 Å². The topological polar surface area (TPSA) is 60.2 Å². The van der Waals surface area contributed by atoms with Crippen LogP contribution in [0.15, 0.2) is 24.3 Å². The molecular formula is C12H18FNO2S. The molecule has 0 aliphatic carbocycles. The molecule has 0 aliphatic heterocycles. The highest BCUT2D eigenvalue weighted by Crippen LogP contribution is 2.24. The van der Waals surface area contributed by atoms with Crippen LogP contribution < -0.4 is 5.73 Å². The van der Waals surface area contributed by atoms with Gasteiger partial charge in [0.2, 0.25) is 0 Å². The van der Waals surface area contributed by atoms with Crippen molar-refractivity contribution in [1.29, 1.82) is 0 Å². The number of hydrogen-bond donors (Lipinski definition) is 1. The van der Waals surface area contributed by atoms with E-state index in [1.54, 1.807) is 26.0 Å². The van der Waals surface area contributed by atoms with Gasteiger partial charge >= 0.3 is 0 Å². The Bertz CT molecular complexity index is 473. The lowest BCUT2D eigenvalue weighted by molar-refractivity contribution is 0.529. The predicted octanol–water partition coefficient (Wildman–Crippen LogP) is 2.04. The molecule has 1 aromatic rings. The van der Waals surface area contributed by atoms with Crippen molar-refractivity contribution in [2.24, 2.45) is 5.73 Å². The van der Waals surface area contributed by atoms with Crippen molar-refractivity contribution in [3.63, 3.8) is 0 Å². The van der Waals surface area contributed by atoms with E-state index in [0.29, 0.717) is 6.42 Å². The second-order valence-corrected chi connectivity index (χ2v) is 6.45. The largest absolute Gasteiger partial charge is 0.323 e. The van der Waals surface area contributed by atoms with Gasteiger partial charge in [0.1, 0.15) is 5.82 Å². The maximum atomic E-state index is 13.6. The highest BCUT2D eigenvalue weighted by atomic mass is 32.2. The Labute approximate surface area is 102 Å². The summed E-state index contributed by atoms with van der Waals surface area (Å²) in [5.74, 6) is -0.432. The van der Waals surface area contributed by atoms with Gasteiger partial charge in [-0.1, -0.05) is 32.0 Å². The summed E-state index contributed by atoms with van der Waals surface area (Å²) >= 11 is 0. The molecule has 0 aromatic heterocycles. The lowest BCUT2D eigenvalue weighted by Crippen LogP contribution is -2.34. The first-order valence-electron chi connectivity index (χ1n) is 5.65. The van der Waals surface area contributed by atoms with E-state index < -0.39 is 26.9 Å². The number of rotatable bonds is 5. The molecular weight excluding hydrogens is 241 g/mol. The molecule has 0 bridgehead atoms. The molecule has 0 saturated carbocycles. The van der Waals surface area contributed by atoms with Crippen molar-refractivity contribution in [3.8, 4) is 0 Å². The minimum Gasteiger partial charge on any atom is -0.323 e. The SMILES string of the molecule is CC[C@H]([C@@H](N)c1ccccc1F)S(=O)(=O)CC. The monoisotopic (exact) mass is 259 g/mol. The highest BCUT2D eigenvalue weighted by Gasteiger charge is 2.30. The molecule has 0 amide bonds. The molecule has 17 heavy (non-hydrogen) atoms. The van der Waals surface area contributed by atoms with Crippen molar-refractivity contribution in [1.82, 2.24) is 0 Å². The maximum Gasteiger partial charge on any atom is 0.154 e. The molecule has 96 valence electrons. The molecule has 2 atom stereocenters. The Balaban J connectivity index is 3.11. The third-order valence-corrected chi connectivity index (χ3v) is 5.28. The summed E-state index contributed by atoms with van der Waals surface area (Å²) in [4.78, 5) is 0. The normalized spacial score (nSPS) is 15.5. The lowest BCUT2D eigenvalue weighted by atomic mass is 10.0. The van der Waals surface area contributed by atoms with Gasteiger partial charge in [-0.05, 0) is 12.5 Å². The van der Waals surface area contributed by atoms with Gasteiger partial charge in [0.15, 0.2) is 9.84 Å². The van der Waals surface area contributed by atoms with Crippen LogP contribution in [0, 0.1) is 5.82 Å². The van der Waals surface area contributed by atoms with Gasteiger partial charge in [0.25, 0.3) is 0 Å². The zero-order chi connectivity index (χ0) is 13.1. The first-order chi connectivity index (χ1) is 7.94. The molecule has 1 aromatic carbocycles. The minimum atomic E-state index is -3.27. The van der Waals surface area contributed by atoms with Gasteiger partial charge in [-0.15, -0.1) is 0 Å². The Morgan fingerprint density at radius 1 is 1.29 bits per heavy atom. The summed E-state index contributed by atoms with van der Waals surface area (Å²) < 4.78 is 37.3. The van der Waals surface area contributed by atoms with Gasteiger partial charge in [-0.3, -0.25) is 0 Å². The fourth-order valence-corrected chi connectivity index (χ4v) is 3.42. The van der Waals surface area contributed by atoms with Crippen LogP contribution in [0.3, 0.4) is 0 Å². The second kappa shape index (κ2) is 5.60. The molecule has 0 saturated heterocycles. The van der Waals surface area contributed by atoms with Crippen LogP contribution in [0.4, 0.5) is 4.39 Å². The molecule has 2 N–H and O–H groups in total. The van der Waals surface area contributed by atoms with Gasteiger partial charge in [0.05, 0.1) is 5.25 Å². The number of benzene rings is 1. The summed E-state index contributed by atoms with van der Waals surface area (Å²) in [6.45, 7) is 3.32. The van der Waals surface area contributed by atoms with Crippen LogP contribution in [0.2, 0.25) is 0 Å². The van der Waals surface area contributed by atoms with Crippen molar-refractivity contribution < 1.29 is 12.8 Å². The standard InChI is InChI=1S/C12H18FNO2S/c1-3-11(17(15,16)4-2)12(14)9-7-5-6-8-10(9)13/h5-8,11-12H,3-4,14H2,1-2H3/t11-,12+/m1/s1. The van der Waals surface area contributed by atoms with Crippen LogP contribution >= 0.6 is 0 Å². The molecule has 0 radical (unpaired) electrons. The maximum absolute atomic E-state index is 13.6. The fourth-order valence-electron chi connectivity index (χ4n) is 1.89. The number of hydrogen-bond acceptors (Lipinski definition) is 3. The first kappa shape index (κ1) is 14.1. The second-order valence-electron chi connectivity index (χ2n) is 3.95. The molecule has 0 fully saturated rings. The highest BCUT2D eigenvalue weighted by molar-refractivity contribution is 7.92. The molecule has 5 heteroatoms. The Hall–Kier alpha value is -0.940. The van der Waals surface area contributed by atoms with Crippen LogP contribution in [0.1, 0.15) is 31.9 Å². The van der Waals surface area contributed by atoms with Gasteiger partial charge < -0.3 is 5.73 Å². The van der Waals surface area contributed by atoms with Crippen molar-refractivity contribution >= 4 is 9.84 Å². The first-order valence-corrected chi connectivity index (χ1v) is 7.37. The molecule has 0 aliphatic rings. The quantitative estimate of drug-likeness (QED) is 0.880. The summed E-state index contributed by atoms with van der Waals surface area (Å²) in [5, 5.41) is -0.732. The summed E-state index contributed by atoms with van der Waals surface area (Å²) in [7, 11) is -3.27. The summed E-state index contributed by atoms with van der Waals surface area (Å²) in [6.07, 6.45) is 0.381. The van der Waals surface area contributed by atoms with E-state index >= 15 is 0 Å². The number of nitrogens with two attached hydrogens (primary N) is 1. The zero-order valence-electron chi connectivity index (χ0n) is 10.1. The zero-order valence-corrected chi connectivity index (χ0v) is 10.9. The Morgan fingerprint density at radius 2 is 1.88 bits per heavy atom. The van der Waals surface area contributed by atoms with Crippen molar-refractivity contribution in [2.45, 2.75) is 31.6 Å².